The Morgan fingerprint density at radius 3 is 2.53 bits per heavy atom. The Bertz CT molecular complexity index is 611. The summed E-state index contributed by atoms with van der Waals surface area (Å²) in [7, 11) is 0. The summed E-state index contributed by atoms with van der Waals surface area (Å²) in [6, 6.07) is 13.8. The first kappa shape index (κ1) is 13.3. The van der Waals surface area contributed by atoms with Crippen LogP contribution in [0.2, 0.25) is 0 Å². The van der Waals surface area contributed by atoms with Crippen molar-refractivity contribution >= 4 is 22.5 Å². The second-order valence-electron chi connectivity index (χ2n) is 4.58. The molecule has 19 heavy (non-hydrogen) atoms. The van der Waals surface area contributed by atoms with Gasteiger partial charge < -0.3 is 4.74 Å². The van der Waals surface area contributed by atoms with E-state index < -0.39 is 5.97 Å². The molecule has 0 aromatic heterocycles. The number of benzene rings is 2. The van der Waals surface area contributed by atoms with E-state index in [2.05, 4.69) is 0 Å². The van der Waals surface area contributed by atoms with Gasteiger partial charge in [0.05, 0.1) is 0 Å². The minimum atomic E-state index is -0.479. The van der Waals surface area contributed by atoms with E-state index in [4.69, 9.17) is 4.74 Å². The molecule has 2 aromatic rings. The molecule has 0 fully saturated rings. The van der Waals surface area contributed by atoms with Gasteiger partial charge in [-0.15, -0.1) is 0 Å². The molecule has 0 saturated heterocycles. The van der Waals surface area contributed by atoms with Crippen molar-refractivity contribution in [3.05, 3.63) is 48.0 Å². The van der Waals surface area contributed by atoms with E-state index in [1.54, 1.807) is 0 Å². The molecular formula is C16H16O3. The topological polar surface area (TPSA) is 43.4 Å². The van der Waals surface area contributed by atoms with Crippen molar-refractivity contribution < 1.29 is 14.3 Å². The lowest BCUT2D eigenvalue weighted by atomic mass is 10.0. The van der Waals surface area contributed by atoms with Crippen molar-refractivity contribution in [3.63, 3.8) is 0 Å². The lowest BCUT2D eigenvalue weighted by Crippen LogP contribution is -2.12. The molecule has 0 unspecified atom stereocenters. The van der Waals surface area contributed by atoms with Crippen molar-refractivity contribution in [2.45, 2.75) is 26.4 Å². The van der Waals surface area contributed by atoms with Crippen LogP contribution in [0.4, 0.5) is 0 Å². The number of hydrogen-bond acceptors (Lipinski definition) is 3. The van der Waals surface area contributed by atoms with E-state index in [1.165, 1.54) is 6.92 Å². The Morgan fingerprint density at radius 1 is 1.11 bits per heavy atom. The van der Waals surface area contributed by atoms with Gasteiger partial charge in [-0.05, 0) is 30.2 Å². The summed E-state index contributed by atoms with van der Waals surface area (Å²) in [6.07, 6.45) is -0.535. The number of fused-ring (bicyclic) bond motifs is 1. The Balaban J connectivity index is 2.24. The molecule has 3 heteroatoms. The molecule has 0 aliphatic rings. The van der Waals surface area contributed by atoms with E-state index in [0.717, 1.165) is 16.3 Å². The SMILES string of the molecule is CC(=O)CC(=O)O[C@@H](C)c1cccc2ccccc12. The second-order valence-corrected chi connectivity index (χ2v) is 4.58. The Hall–Kier alpha value is -2.16. The number of rotatable bonds is 4. The van der Waals surface area contributed by atoms with Crippen LogP contribution in [-0.4, -0.2) is 11.8 Å². The van der Waals surface area contributed by atoms with Crippen molar-refractivity contribution in [2.75, 3.05) is 0 Å². The fourth-order valence-electron chi connectivity index (χ4n) is 2.11. The van der Waals surface area contributed by atoms with Gasteiger partial charge in [-0.25, -0.2) is 0 Å². The van der Waals surface area contributed by atoms with E-state index in [1.807, 2.05) is 49.4 Å². The average Bonchev–Trinajstić information content (AvgIpc) is 2.36. The van der Waals surface area contributed by atoms with Gasteiger partial charge in [0.1, 0.15) is 18.3 Å². The number of Topliss-reactive ketones (excluding diaryl/α,β-unsaturated/α-hetero) is 1. The summed E-state index contributed by atoms with van der Waals surface area (Å²) in [5.41, 5.74) is 0.954. The molecule has 0 aliphatic heterocycles. The van der Waals surface area contributed by atoms with Crippen LogP contribution < -0.4 is 0 Å². The lowest BCUT2D eigenvalue weighted by molar-refractivity contribution is -0.150. The van der Waals surface area contributed by atoms with E-state index in [0.29, 0.717) is 0 Å². The van der Waals surface area contributed by atoms with E-state index >= 15 is 0 Å². The monoisotopic (exact) mass is 256 g/mol. The molecule has 3 nitrogen and oxygen atoms in total. The molecule has 0 heterocycles. The molecule has 0 aliphatic carbocycles. The zero-order valence-electron chi connectivity index (χ0n) is 11.1. The maximum absolute atomic E-state index is 11.5. The van der Waals surface area contributed by atoms with Gasteiger partial charge in [-0.3, -0.25) is 9.59 Å². The van der Waals surface area contributed by atoms with Crippen molar-refractivity contribution in [1.29, 1.82) is 0 Å². The predicted octanol–water partition coefficient (Wildman–Crippen LogP) is 3.42. The highest BCUT2D eigenvalue weighted by atomic mass is 16.5. The fraction of sp³-hybridized carbons (Fsp3) is 0.250. The third kappa shape index (κ3) is 3.19. The number of carbonyl (C=O) groups is 2. The largest absolute Gasteiger partial charge is 0.457 e. The van der Waals surface area contributed by atoms with Crippen LogP contribution in [0.3, 0.4) is 0 Å². The highest BCUT2D eigenvalue weighted by Crippen LogP contribution is 2.26. The molecule has 98 valence electrons. The van der Waals surface area contributed by atoms with E-state index in [9.17, 15) is 9.59 Å². The van der Waals surface area contributed by atoms with E-state index in [-0.39, 0.29) is 18.3 Å². The summed E-state index contributed by atoms with van der Waals surface area (Å²) in [6.45, 7) is 3.20. The fourth-order valence-corrected chi connectivity index (χ4v) is 2.11. The molecule has 0 saturated carbocycles. The Labute approximate surface area is 112 Å². The summed E-state index contributed by atoms with van der Waals surface area (Å²) in [4.78, 5) is 22.4. The highest BCUT2D eigenvalue weighted by Gasteiger charge is 2.15. The zero-order chi connectivity index (χ0) is 13.8. The van der Waals surface area contributed by atoms with Gasteiger partial charge in [-0.2, -0.15) is 0 Å². The number of ether oxygens (including phenoxy) is 1. The van der Waals surface area contributed by atoms with Gasteiger partial charge in [0.2, 0.25) is 0 Å². The maximum Gasteiger partial charge on any atom is 0.313 e. The molecule has 2 rings (SSSR count). The predicted molar refractivity (Wildman–Crippen MR) is 73.8 cm³/mol. The van der Waals surface area contributed by atoms with Crippen LogP contribution in [0.1, 0.15) is 31.9 Å². The summed E-state index contributed by atoms with van der Waals surface area (Å²) < 4.78 is 5.30. The van der Waals surface area contributed by atoms with Crippen LogP contribution in [0.15, 0.2) is 42.5 Å². The third-order valence-corrected chi connectivity index (χ3v) is 2.96. The molecule has 2 aromatic carbocycles. The van der Waals surface area contributed by atoms with Crippen molar-refractivity contribution in [1.82, 2.24) is 0 Å². The maximum atomic E-state index is 11.5. The smallest absolute Gasteiger partial charge is 0.313 e. The summed E-state index contributed by atoms with van der Waals surface area (Å²) in [5, 5.41) is 2.17. The molecule has 0 bridgehead atoms. The third-order valence-electron chi connectivity index (χ3n) is 2.96. The first-order chi connectivity index (χ1) is 9.08. The summed E-state index contributed by atoms with van der Waals surface area (Å²) in [5.74, 6) is -0.664. The number of ketones is 1. The standard InChI is InChI=1S/C16H16O3/c1-11(17)10-16(18)19-12(2)14-9-5-7-13-6-3-4-8-15(13)14/h3-9,12H,10H2,1-2H3/t12-/m0/s1. The van der Waals surface area contributed by atoms with Gasteiger partial charge >= 0.3 is 5.97 Å². The minimum Gasteiger partial charge on any atom is -0.457 e. The molecule has 0 radical (unpaired) electrons. The molecule has 0 N–H and O–H groups in total. The van der Waals surface area contributed by atoms with Crippen LogP contribution in [-0.2, 0) is 14.3 Å². The first-order valence-electron chi connectivity index (χ1n) is 6.24. The number of esters is 1. The van der Waals surface area contributed by atoms with Gasteiger partial charge in [0.25, 0.3) is 0 Å². The van der Waals surface area contributed by atoms with Crippen molar-refractivity contribution in [3.8, 4) is 0 Å². The first-order valence-corrected chi connectivity index (χ1v) is 6.24. The Morgan fingerprint density at radius 2 is 1.79 bits per heavy atom. The van der Waals surface area contributed by atoms with Crippen LogP contribution >= 0.6 is 0 Å². The summed E-state index contributed by atoms with van der Waals surface area (Å²) >= 11 is 0. The second kappa shape index (κ2) is 5.65. The minimum absolute atomic E-state index is 0.172. The van der Waals surface area contributed by atoms with Gasteiger partial charge in [0.15, 0.2) is 0 Å². The lowest BCUT2D eigenvalue weighted by Gasteiger charge is -2.15. The van der Waals surface area contributed by atoms with Crippen LogP contribution in [0.5, 0.6) is 0 Å². The van der Waals surface area contributed by atoms with Crippen LogP contribution in [0, 0.1) is 0 Å². The quantitative estimate of drug-likeness (QED) is 0.622. The average molecular weight is 256 g/mol. The van der Waals surface area contributed by atoms with Gasteiger partial charge in [-0.1, -0.05) is 42.5 Å². The normalized spacial score (nSPS) is 12.1. The highest BCUT2D eigenvalue weighted by molar-refractivity contribution is 5.94. The number of hydrogen-bond donors (Lipinski definition) is 0. The molecule has 0 spiro atoms. The zero-order valence-corrected chi connectivity index (χ0v) is 11.1. The van der Waals surface area contributed by atoms with Crippen molar-refractivity contribution in [2.24, 2.45) is 0 Å². The van der Waals surface area contributed by atoms with Crippen LogP contribution in [0.25, 0.3) is 10.8 Å². The number of carbonyl (C=O) groups excluding carboxylic acids is 2. The molecule has 1 atom stereocenters. The molecule has 0 amide bonds. The Kier molecular flexibility index (Phi) is 3.95. The molecular weight excluding hydrogens is 240 g/mol. The van der Waals surface area contributed by atoms with Gasteiger partial charge in [0, 0.05) is 0 Å².